The molecular formula is C11H13ClN2O3S. The van der Waals surface area contributed by atoms with Crippen molar-refractivity contribution in [2.75, 3.05) is 0 Å². The van der Waals surface area contributed by atoms with Gasteiger partial charge in [0.25, 0.3) is 15.9 Å². The number of nitrogens with two attached hydrogens (primary N) is 1. The first-order valence-corrected chi connectivity index (χ1v) is 6.26. The minimum absolute atomic E-state index is 0. The Bertz CT molecular complexity index is 537. The van der Waals surface area contributed by atoms with Crippen molar-refractivity contribution in [1.82, 2.24) is 4.72 Å². The molecule has 3 N–H and O–H groups in total. The molecule has 1 rings (SSSR count). The lowest BCUT2D eigenvalue weighted by molar-refractivity contribution is -0.120. The summed E-state index contributed by atoms with van der Waals surface area (Å²) >= 11 is 0. The van der Waals surface area contributed by atoms with Crippen LogP contribution >= 0.6 is 12.4 Å². The van der Waals surface area contributed by atoms with Crippen LogP contribution in [0.3, 0.4) is 0 Å². The lowest BCUT2D eigenvalue weighted by atomic mass is 10.2. The van der Waals surface area contributed by atoms with E-state index in [0.29, 0.717) is 0 Å². The minimum atomic E-state index is -3.87. The Morgan fingerprint density at radius 2 is 1.94 bits per heavy atom. The first-order valence-electron chi connectivity index (χ1n) is 4.78. The highest BCUT2D eigenvalue weighted by Gasteiger charge is 2.20. The molecule has 0 fully saturated rings. The Kier molecular flexibility index (Phi) is 6.41. The first kappa shape index (κ1) is 16.4. The van der Waals surface area contributed by atoms with Crippen molar-refractivity contribution in [3.05, 3.63) is 30.3 Å². The van der Waals surface area contributed by atoms with E-state index in [-0.39, 0.29) is 23.7 Å². The van der Waals surface area contributed by atoms with Gasteiger partial charge in [0.15, 0.2) is 0 Å². The molecule has 1 atom stereocenters. The van der Waals surface area contributed by atoms with E-state index in [9.17, 15) is 13.2 Å². The molecule has 1 aromatic carbocycles. The van der Waals surface area contributed by atoms with Gasteiger partial charge in [0.05, 0.1) is 10.9 Å². The number of hydrogen-bond donors (Lipinski definition) is 2. The summed E-state index contributed by atoms with van der Waals surface area (Å²) < 4.78 is 25.3. The summed E-state index contributed by atoms with van der Waals surface area (Å²) in [6, 6.07) is 6.51. The summed E-state index contributed by atoms with van der Waals surface area (Å²) in [6.45, 7) is 0. The molecule has 0 bridgehead atoms. The number of benzene rings is 1. The molecular weight excluding hydrogens is 276 g/mol. The van der Waals surface area contributed by atoms with Crippen LogP contribution < -0.4 is 10.5 Å². The Morgan fingerprint density at radius 1 is 1.39 bits per heavy atom. The Balaban J connectivity index is 0.00000289. The molecule has 0 saturated carbocycles. The zero-order valence-electron chi connectivity index (χ0n) is 9.37. The van der Waals surface area contributed by atoms with E-state index >= 15 is 0 Å². The molecule has 18 heavy (non-hydrogen) atoms. The van der Waals surface area contributed by atoms with Gasteiger partial charge in [-0.05, 0) is 12.1 Å². The second-order valence-corrected chi connectivity index (χ2v) is 4.98. The number of amides is 1. The van der Waals surface area contributed by atoms with E-state index < -0.39 is 22.0 Å². The maximum atomic E-state index is 11.7. The maximum absolute atomic E-state index is 11.7. The molecule has 0 saturated heterocycles. The second-order valence-electron chi connectivity index (χ2n) is 3.30. The van der Waals surface area contributed by atoms with Crippen LogP contribution in [0.2, 0.25) is 0 Å². The zero-order chi connectivity index (χ0) is 12.9. The number of hydrogen-bond acceptors (Lipinski definition) is 4. The molecule has 0 aliphatic carbocycles. The summed E-state index contributed by atoms with van der Waals surface area (Å²) in [5, 5.41) is 0. The average molecular weight is 289 g/mol. The summed E-state index contributed by atoms with van der Waals surface area (Å²) in [6.07, 6.45) is 4.96. The van der Waals surface area contributed by atoms with E-state index in [1.54, 1.807) is 18.2 Å². The smallest absolute Gasteiger partial charge is 0.264 e. The molecule has 1 amide bonds. The molecule has 0 unspecified atom stereocenters. The fourth-order valence-corrected chi connectivity index (χ4v) is 2.14. The molecule has 0 spiro atoms. The number of nitrogens with one attached hydrogen (secondary N) is 1. The van der Waals surface area contributed by atoms with Crippen LogP contribution in [0.1, 0.15) is 6.42 Å². The third-order valence-electron chi connectivity index (χ3n) is 1.96. The standard InChI is InChI=1S/C11H12N2O3S.ClH/c1-2-6-10(12)11(14)13-17(15,16)9-7-4-3-5-8-9;/h1,3-5,7-8,10H,6,12H2,(H,13,14);1H/t10-;/m0./s1. The predicted octanol–water partition coefficient (Wildman–Crippen LogP) is 0.264. The van der Waals surface area contributed by atoms with Crippen molar-refractivity contribution >= 4 is 28.3 Å². The van der Waals surface area contributed by atoms with Crippen LogP contribution in [0, 0.1) is 12.3 Å². The third-order valence-corrected chi connectivity index (χ3v) is 3.33. The average Bonchev–Trinajstić information content (AvgIpc) is 2.30. The third kappa shape index (κ3) is 4.37. The SMILES string of the molecule is C#CC[C@H](N)C(=O)NS(=O)(=O)c1ccccc1.Cl. The van der Waals surface area contributed by atoms with Gasteiger partial charge in [-0.3, -0.25) is 4.79 Å². The van der Waals surface area contributed by atoms with Crippen LogP contribution in [0.25, 0.3) is 0 Å². The van der Waals surface area contributed by atoms with Crippen molar-refractivity contribution in [3.8, 4) is 12.3 Å². The molecule has 98 valence electrons. The molecule has 5 nitrogen and oxygen atoms in total. The largest absolute Gasteiger partial charge is 0.319 e. The van der Waals surface area contributed by atoms with Crippen molar-refractivity contribution in [1.29, 1.82) is 0 Å². The minimum Gasteiger partial charge on any atom is -0.319 e. The quantitative estimate of drug-likeness (QED) is 0.778. The molecule has 7 heteroatoms. The van der Waals surface area contributed by atoms with Gasteiger partial charge in [0, 0.05) is 6.42 Å². The van der Waals surface area contributed by atoms with Crippen LogP contribution in [0.15, 0.2) is 35.2 Å². The highest BCUT2D eigenvalue weighted by molar-refractivity contribution is 7.90. The highest BCUT2D eigenvalue weighted by atomic mass is 35.5. The number of sulfonamides is 1. The van der Waals surface area contributed by atoms with Gasteiger partial charge in [-0.25, -0.2) is 13.1 Å². The molecule has 0 heterocycles. The summed E-state index contributed by atoms with van der Waals surface area (Å²) in [5.74, 6) is 1.38. The van der Waals surface area contributed by atoms with Crippen LogP contribution in [0.4, 0.5) is 0 Å². The van der Waals surface area contributed by atoms with E-state index in [1.807, 2.05) is 4.72 Å². The lowest BCUT2D eigenvalue weighted by Crippen LogP contribution is -2.43. The molecule has 0 aromatic heterocycles. The fraction of sp³-hybridized carbons (Fsp3) is 0.182. The predicted molar refractivity (Wildman–Crippen MR) is 70.4 cm³/mol. The number of terminal acetylenes is 1. The summed E-state index contributed by atoms with van der Waals surface area (Å²) in [7, 11) is -3.87. The number of rotatable bonds is 4. The van der Waals surface area contributed by atoms with Gasteiger partial charge in [-0.1, -0.05) is 18.2 Å². The Morgan fingerprint density at radius 3 is 2.44 bits per heavy atom. The maximum Gasteiger partial charge on any atom is 0.264 e. The molecule has 1 aromatic rings. The lowest BCUT2D eigenvalue weighted by Gasteiger charge is -2.10. The normalized spacial score (nSPS) is 11.8. The van der Waals surface area contributed by atoms with E-state index in [1.165, 1.54) is 12.1 Å². The van der Waals surface area contributed by atoms with Crippen LogP contribution in [-0.4, -0.2) is 20.4 Å². The van der Waals surface area contributed by atoms with Gasteiger partial charge in [-0.2, -0.15) is 0 Å². The van der Waals surface area contributed by atoms with Gasteiger partial charge in [0.2, 0.25) is 0 Å². The number of carbonyl (C=O) groups excluding carboxylic acids is 1. The van der Waals surface area contributed by atoms with E-state index in [2.05, 4.69) is 5.92 Å². The van der Waals surface area contributed by atoms with Gasteiger partial charge in [0.1, 0.15) is 0 Å². The Hall–Kier alpha value is -1.55. The van der Waals surface area contributed by atoms with E-state index in [4.69, 9.17) is 12.2 Å². The molecule has 0 radical (unpaired) electrons. The topological polar surface area (TPSA) is 89.3 Å². The summed E-state index contributed by atoms with van der Waals surface area (Å²) in [5.41, 5.74) is 5.39. The first-order chi connectivity index (χ1) is 7.97. The highest BCUT2D eigenvalue weighted by Crippen LogP contribution is 2.07. The fourth-order valence-electron chi connectivity index (χ4n) is 1.09. The van der Waals surface area contributed by atoms with Crippen molar-refractivity contribution in [2.45, 2.75) is 17.4 Å². The zero-order valence-corrected chi connectivity index (χ0v) is 11.0. The van der Waals surface area contributed by atoms with Crippen molar-refractivity contribution in [2.24, 2.45) is 5.73 Å². The monoisotopic (exact) mass is 288 g/mol. The van der Waals surface area contributed by atoms with Gasteiger partial charge < -0.3 is 5.73 Å². The van der Waals surface area contributed by atoms with Crippen LogP contribution in [0.5, 0.6) is 0 Å². The van der Waals surface area contributed by atoms with Gasteiger partial charge >= 0.3 is 0 Å². The van der Waals surface area contributed by atoms with Gasteiger partial charge in [-0.15, -0.1) is 24.8 Å². The second kappa shape index (κ2) is 7.01. The van der Waals surface area contributed by atoms with E-state index in [0.717, 1.165) is 0 Å². The van der Waals surface area contributed by atoms with Crippen molar-refractivity contribution < 1.29 is 13.2 Å². The number of carbonyl (C=O) groups is 1. The molecule has 0 aliphatic rings. The molecule has 0 aliphatic heterocycles. The number of halogens is 1. The van der Waals surface area contributed by atoms with Crippen LogP contribution in [-0.2, 0) is 14.8 Å². The van der Waals surface area contributed by atoms with Crippen molar-refractivity contribution in [3.63, 3.8) is 0 Å². The Labute approximate surface area is 112 Å². The summed E-state index contributed by atoms with van der Waals surface area (Å²) in [4.78, 5) is 11.4.